The Morgan fingerprint density at radius 3 is 2.47 bits per heavy atom. The van der Waals surface area contributed by atoms with Gasteiger partial charge in [0.25, 0.3) is 0 Å². The van der Waals surface area contributed by atoms with Crippen molar-refractivity contribution in [3.8, 4) is 17.1 Å². The van der Waals surface area contributed by atoms with Crippen molar-refractivity contribution in [3.05, 3.63) is 121 Å². The van der Waals surface area contributed by atoms with E-state index in [0.717, 1.165) is 44.8 Å². The summed E-state index contributed by atoms with van der Waals surface area (Å²) < 4.78 is 8.38. The normalized spacial score (nSPS) is 12.0. The summed E-state index contributed by atoms with van der Waals surface area (Å²) in [6.07, 6.45) is 5.57. The van der Waals surface area contributed by atoms with E-state index in [-0.39, 0.29) is 6.10 Å². The quantitative estimate of drug-likeness (QED) is 0.288. The lowest BCUT2D eigenvalue weighted by Crippen LogP contribution is -2.19. The Balaban J connectivity index is 1.38. The van der Waals surface area contributed by atoms with Gasteiger partial charge in [-0.2, -0.15) is 0 Å². The number of para-hydroxylation sites is 2. The van der Waals surface area contributed by atoms with E-state index in [1.165, 1.54) is 0 Å². The fraction of sp³-hybridized carbons (Fsp3) is 0.100. The first-order chi connectivity index (χ1) is 17.7. The Hall–Kier alpha value is -4.71. The van der Waals surface area contributed by atoms with E-state index in [0.29, 0.717) is 12.4 Å². The van der Waals surface area contributed by atoms with Crippen molar-refractivity contribution >= 4 is 22.4 Å². The second-order valence-electron chi connectivity index (χ2n) is 8.69. The third kappa shape index (κ3) is 4.36. The minimum Gasteiger partial charge on any atom is -0.484 e. The van der Waals surface area contributed by atoms with Crippen LogP contribution in [-0.2, 0) is 0 Å². The lowest BCUT2D eigenvalue weighted by molar-refractivity contribution is 0.219. The third-order valence-corrected chi connectivity index (χ3v) is 6.23. The number of nitrogens with one attached hydrogen (secondary N) is 1. The molecule has 6 aromatic rings. The Kier molecular flexibility index (Phi) is 5.75. The summed E-state index contributed by atoms with van der Waals surface area (Å²) in [5, 5.41) is 4.54. The number of hydrogen-bond donors (Lipinski definition) is 1. The van der Waals surface area contributed by atoms with Crippen LogP contribution in [0.1, 0.15) is 17.2 Å². The molecular weight excluding hydrogens is 446 g/mol. The third-order valence-electron chi connectivity index (χ3n) is 6.23. The van der Waals surface area contributed by atoms with E-state index in [1.54, 1.807) is 6.20 Å². The van der Waals surface area contributed by atoms with Crippen molar-refractivity contribution in [2.75, 3.05) is 11.9 Å². The molecule has 6 heteroatoms. The first-order valence-electron chi connectivity index (χ1n) is 12.0. The molecule has 0 bridgehead atoms. The molecule has 36 heavy (non-hydrogen) atoms. The van der Waals surface area contributed by atoms with Crippen LogP contribution < -0.4 is 10.1 Å². The van der Waals surface area contributed by atoms with Gasteiger partial charge in [-0.3, -0.25) is 0 Å². The van der Waals surface area contributed by atoms with E-state index in [2.05, 4.69) is 35.4 Å². The van der Waals surface area contributed by atoms with E-state index < -0.39 is 0 Å². The standard InChI is InChI=1S/C30H25N5O/c1-21-18-28-31-16-17-35(28)20-25(21)30-33-26-15-9-8-14-24(26)29(34-30)32-19-27(22-10-4-2-5-11-22)36-23-12-6-3-7-13-23/h2-18,20,27H,19H2,1H3,(H,32,33,34). The number of anilines is 1. The summed E-state index contributed by atoms with van der Waals surface area (Å²) in [6, 6.07) is 30.3. The monoisotopic (exact) mass is 471 g/mol. The molecule has 0 aliphatic rings. The molecule has 0 amide bonds. The summed E-state index contributed by atoms with van der Waals surface area (Å²) in [5.41, 5.74) is 4.92. The van der Waals surface area contributed by atoms with Gasteiger partial charge < -0.3 is 14.5 Å². The lowest BCUT2D eigenvalue weighted by Gasteiger charge is -2.21. The number of rotatable bonds is 7. The Bertz CT molecular complexity index is 1630. The van der Waals surface area contributed by atoms with Crippen LogP contribution in [0.15, 0.2) is 110 Å². The number of hydrogen-bond acceptors (Lipinski definition) is 5. The molecule has 0 aliphatic carbocycles. The zero-order chi connectivity index (χ0) is 24.3. The van der Waals surface area contributed by atoms with Crippen LogP contribution in [0, 0.1) is 6.92 Å². The van der Waals surface area contributed by atoms with Crippen molar-refractivity contribution in [1.29, 1.82) is 0 Å². The van der Waals surface area contributed by atoms with Crippen LogP contribution in [0.5, 0.6) is 5.75 Å². The molecule has 0 spiro atoms. The minimum absolute atomic E-state index is 0.199. The molecule has 176 valence electrons. The summed E-state index contributed by atoms with van der Waals surface area (Å²) in [4.78, 5) is 14.3. The second-order valence-corrected chi connectivity index (χ2v) is 8.69. The Morgan fingerprint density at radius 1 is 0.889 bits per heavy atom. The molecule has 0 fully saturated rings. The highest BCUT2D eigenvalue weighted by atomic mass is 16.5. The van der Waals surface area contributed by atoms with Crippen molar-refractivity contribution in [2.45, 2.75) is 13.0 Å². The predicted octanol–water partition coefficient (Wildman–Crippen LogP) is 6.49. The van der Waals surface area contributed by atoms with Crippen molar-refractivity contribution in [1.82, 2.24) is 19.4 Å². The number of aromatic nitrogens is 4. The SMILES string of the molecule is Cc1cc2nccn2cc1-c1nc(NCC(Oc2ccccc2)c2ccccc2)c2ccccc2n1. The van der Waals surface area contributed by atoms with Gasteiger partial charge in [0.15, 0.2) is 5.82 Å². The summed E-state index contributed by atoms with van der Waals surface area (Å²) >= 11 is 0. The largest absolute Gasteiger partial charge is 0.484 e. The van der Waals surface area contributed by atoms with Gasteiger partial charge in [-0.25, -0.2) is 15.0 Å². The second kappa shape index (κ2) is 9.50. The van der Waals surface area contributed by atoms with E-state index >= 15 is 0 Å². The number of nitrogens with zero attached hydrogens (tertiary/aromatic N) is 4. The maximum Gasteiger partial charge on any atom is 0.163 e. The Labute approximate surface area is 209 Å². The maximum absolute atomic E-state index is 6.39. The molecule has 3 aromatic heterocycles. The summed E-state index contributed by atoms with van der Waals surface area (Å²) in [7, 11) is 0. The lowest BCUT2D eigenvalue weighted by atomic mass is 10.1. The highest BCUT2D eigenvalue weighted by Gasteiger charge is 2.17. The van der Waals surface area contributed by atoms with Crippen molar-refractivity contribution < 1.29 is 4.74 Å². The smallest absolute Gasteiger partial charge is 0.163 e. The zero-order valence-corrected chi connectivity index (χ0v) is 19.9. The maximum atomic E-state index is 6.39. The average Bonchev–Trinajstić information content (AvgIpc) is 3.38. The van der Waals surface area contributed by atoms with E-state index in [9.17, 15) is 0 Å². The zero-order valence-electron chi connectivity index (χ0n) is 19.9. The molecular formula is C30H25N5O. The van der Waals surface area contributed by atoms with Crippen LogP contribution in [0.25, 0.3) is 27.9 Å². The van der Waals surface area contributed by atoms with E-state index in [1.807, 2.05) is 89.6 Å². The summed E-state index contributed by atoms with van der Waals surface area (Å²) in [6.45, 7) is 2.60. The predicted molar refractivity (Wildman–Crippen MR) is 143 cm³/mol. The molecule has 6 nitrogen and oxygen atoms in total. The number of ether oxygens (including phenoxy) is 1. The number of imidazole rings is 1. The van der Waals surface area contributed by atoms with Gasteiger partial charge in [0, 0.05) is 29.5 Å². The number of fused-ring (bicyclic) bond motifs is 2. The Morgan fingerprint density at radius 2 is 1.64 bits per heavy atom. The molecule has 0 aliphatic heterocycles. The summed E-state index contributed by atoms with van der Waals surface area (Å²) in [5.74, 6) is 2.27. The average molecular weight is 472 g/mol. The molecule has 1 atom stereocenters. The molecule has 3 aromatic carbocycles. The topological polar surface area (TPSA) is 64.3 Å². The van der Waals surface area contributed by atoms with Gasteiger partial charge in [-0.05, 0) is 48.4 Å². The molecule has 0 saturated carbocycles. The van der Waals surface area contributed by atoms with Crippen molar-refractivity contribution in [3.63, 3.8) is 0 Å². The van der Waals surface area contributed by atoms with Crippen LogP contribution in [0.2, 0.25) is 0 Å². The molecule has 6 rings (SSSR count). The molecule has 1 unspecified atom stereocenters. The van der Waals surface area contributed by atoms with Gasteiger partial charge in [0.2, 0.25) is 0 Å². The van der Waals surface area contributed by atoms with E-state index in [4.69, 9.17) is 14.7 Å². The van der Waals surface area contributed by atoms with Gasteiger partial charge >= 0.3 is 0 Å². The van der Waals surface area contributed by atoms with Gasteiger partial charge in [-0.1, -0.05) is 60.7 Å². The first-order valence-corrected chi connectivity index (χ1v) is 12.0. The van der Waals surface area contributed by atoms with Crippen LogP contribution in [-0.4, -0.2) is 25.9 Å². The number of aryl methyl sites for hydroxylation is 1. The highest BCUT2D eigenvalue weighted by molar-refractivity contribution is 5.90. The molecule has 3 heterocycles. The van der Waals surface area contributed by atoms with Crippen LogP contribution >= 0.6 is 0 Å². The van der Waals surface area contributed by atoms with Crippen molar-refractivity contribution in [2.24, 2.45) is 0 Å². The van der Waals surface area contributed by atoms with Gasteiger partial charge in [-0.15, -0.1) is 0 Å². The van der Waals surface area contributed by atoms with Gasteiger partial charge in [0.1, 0.15) is 23.3 Å². The van der Waals surface area contributed by atoms with Gasteiger partial charge in [0.05, 0.1) is 12.1 Å². The first kappa shape index (κ1) is 21.8. The van der Waals surface area contributed by atoms with Crippen LogP contribution in [0.4, 0.5) is 5.82 Å². The molecule has 0 radical (unpaired) electrons. The molecule has 1 N–H and O–H groups in total. The molecule has 0 saturated heterocycles. The highest BCUT2D eigenvalue weighted by Crippen LogP contribution is 2.29. The number of benzene rings is 3. The van der Waals surface area contributed by atoms with Crippen LogP contribution in [0.3, 0.4) is 0 Å². The minimum atomic E-state index is -0.199. The fourth-order valence-electron chi connectivity index (χ4n) is 4.37. The number of pyridine rings is 1. The fourth-order valence-corrected chi connectivity index (χ4v) is 4.37.